The number of aliphatic hydroxyl groups is 1. The van der Waals surface area contributed by atoms with Gasteiger partial charge in [0.2, 0.25) is 5.91 Å². The molecule has 1 amide bonds. The summed E-state index contributed by atoms with van der Waals surface area (Å²) in [5, 5.41) is 22.2. The number of phenols is 1. The van der Waals surface area contributed by atoms with E-state index in [4.69, 9.17) is 10.5 Å². The van der Waals surface area contributed by atoms with Crippen LogP contribution in [-0.4, -0.2) is 41.9 Å². The highest BCUT2D eigenvalue weighted by Crippen LogP contribution is 2.15. The SMILES string of the molecule is NC(=O)c1cccc(CCNC[C@H](O)COc2ccc(O)cc2)c1. The maximum Gasteiger partial charge on any atom is 0.248 e. The molecule has 6 heteroatoms. The number of hydrogen-bond acceptors (Lipinski definition) is 5. The normalized spacial score (nSPS) is 11.9. The molecule has 0 aliphatic heterocycles. The van der Waals surface area contributed by atoms with Crippen LogP contribution in [0.5, 0.6) is 11.5 Å². The molecule has 0 saturated carbocycles. The van der Waals surface area contributed by atoms with Crippen molar-refractivity contribution in [1.82, 2.24) is 5.32 Å². The second kappa shape index (κ2) is 8.90. The lowest BCUT2D eigenvalue weighted by molar-refractivity contribution is 0.1000. The van der Waals surface area contributed by atoms with Crippen LogP contribution in [0.3, 0.4) is 0 Å². The van der Waals surface area contributed by atoms with Gasteiger partial charge < -0.3 is 26.0 Å². The maximum absolute atomic E-state index is 11.1. The predicted octanol–water partition coefficient (Wildman–Crippen LogP) is 1.06. The average molecular weight is 330 g/mol. The molecule has 2 rings (SSSR count). The number of nitrogens with two attached hydrogens (primary N) is 1. The van der Waals surface area contributed by atoms with Gasteiger partial charge in [-0.3, -0.25) is 4.79 Å². The van der Waals surface area contributed by atoms with Crippen molar-refractivity contribution in [2.24, 2.45) is 5.73 Å². The smallest absolute Gasteiger partial charge is 0.248 e. The molecule has 24 heavy (non-hydrogen) atoms. The molecular weight excluding hydrogens is 308 g/mol. The van der Waals surface area contributed by atoms with Gasteiger partial charge in [-0.25, -0.2) is 0 Å². The first-order valence-corrected chi connectivity index (χ1v) is 7.74. The Morgan fingerprint density at radius 1 is 1.21 bits per heavy atom. The fraction of sp³-hybridized carbons (Fsp3) is 0.278. The Balaban J connectivity index is 1.65. The van der Waals surface area contributed by atoms with E-state index in [1.165, 1.54) is 12.1 Å². The molecule has 1 atom stereocenters. The van der Waals surface area contributed by atoms with Crippen LogP contribution in [0.1, 0.15) is 15.9 Å². The summed E-state index contributed by atoms with van der Waals surface area (Å²) in [6, 6.07) is 13.5. The Kier molecular flexibility index (Phi) is 6.60. The third kappa shape index (κ3) is 5.91. The van der Waals surface area contributed by atoms with Crippen molar-refractivity contribution >= 4 is 5.91 Å². The summed E-state index contributed by atoms with van der Waals surface area (Å²) in [6.07, 6.45) is 0.0860. The lowest BCUT2D eigenvalue weighted by Crippen LogP contribution is -2.32. The molecule has 0 unspecified atom stereocenters. The van der Waals surface area contributed by atoms with Crippen LogP contribution in [0.25, 0.3) is 0 Å². The molecule has 0 bridgehead atoms. The number of carbonyl (C=O) groups is 1. The Morgan fingerprint density at radius 3 is 2.67 bits per heavy atom. The first-order valence-electron chi connectivity index (χ1n) is 7.74. The number of primary amides is 1. The zero-order valence-corrected chi connectivity index (χ0v) is 13.3. The van der Waals surface area contributed by atoms with Crippen LogP contribution in [-0.2, 0) is 6.42 Å². The predicted molar refractivity (Wildman–Crippen MR) is 91.1 cm³/mol. The molecule has 2 aromatic carbocycles. The lowest BCUT2D eigenvalue weighted by atomic mass is 10.1. The van der Waals surface area contributed by atoms with Crippen molar-refractivity contribution in [3.63, 3.8) is 0 Å². The molecule has 0 aromatic heterocycles. The zero-order valence-electron chi connectivity index (χ0n) is 13.3. The quantitative estimate of drug-likeness (QED) is 0.515. The highest BCUT2D eigenvalue weighted by molar-refractivity contribution is 5.92. The second-order valence-electron chi connectivity index (χ2n) is 5.48. The van der Waals surface area contributed by atoms with Gasteiger partial charge in [-0.1, -0.05) is 12.1 Å². The average Bonchev–Trinajstić information content (AvgIpc) is 2.58. The van der Waals surface area contributed by atoms with E-state index < -0.39 is 12.0 Å². The van der Waals surface area contributed by atoms with Crippen LogP contribution >= 0.6 is 0 Å². The molecule has 128 valence electrons. The van der Waals surface area contributed by atoms with E-state index in [-0.39, 0.29) is 12.4 Å². The topological polar surface area (TPSA) is 105 Å². The van der Waals surface area contributed by atoms with Gasteiger partial charge in [0.1, 0.15) is 24.2 Å². The molecule has 0 aliphatic rings. The van der Waals surface area contributed by atoms with Crippen molar-refractivity contribution in [3.8, 4) is 11.5 Å². The Bertz CT molecular complexity index is 658. The van der Waals surface area contributed by atoms with Gasteiger partial charge in [0, 0.05) is 12.1 Å². The van der Waals surface area contributed by atoms with E-state index in [2.05, 4.69) is 5.32 Å². The van der Waals surface area contributed by atoms with Crippen molar-refractivity contribution < 1.29 is 19.7 Å². The highest BCUT2D eigenvalue weighted by Gasteiger charge is 2.06. The zero-order chi connectivity index (χ0) is 17.4. The number of amides is 1. The number of ether oxygens (including phenoxy) is 1. The summed E-state index contributed by atoms with van der Waals surface area (Å²) in [5.41, 5.74) is 6.75. The van der Waals surface area contributed by atoms with Gasteiger partial charge in [-0.15, -0.1) is 0 Å². The number of phenolic OH excluding ortho intramolecular Hbond substituents is 1. The molecule has 0 radical (unpaired) electrons. The lowest BCUT2D eigenvalue weighted by Gasteiger charge is -2.13. The minimum atomic E-state index is -0.643. The number of carbonyl (C=O) groups excluding carboxylic acids is 1. The molecule has 2 aromatic rings. The van der Waals surface area contributed by atoms with E-state index in [0.717, 1.165) is 12.0 Å². The largest absolute Gasteiger partial charge is 0.508 e. The Hall–Kier alpha value is -2.57. The fourth-order valence-electron chi connectivity index (χ4n) is 2.18. The van der Waals surface area contributed by atoms with Crippen LogP contribution in [0, 0.1) is 0 Å². The first kappa shape index (κ1) is 17.8. The number of aromatic hydroxyl groups is 1. The molecule has 0 fully saturated rings. The number of hydrogen-bond donors (Lipinski definition) is 4. The van der Waals surface area contributed by atoms with E-state index in [1.807, 2.05) is 6.07 Å². The minimum absolute atomic E-state index is 0.162. The molecule has 6 nitrogen and oxygen atoms in total. The summed E-state index contributed by atoms with van der Waals surface area (Å²) < 4.78 is 5.43. The summed E-state index contributed by atoms with van der Waals surface area (Å²) in [4.78, 5) is 11.1. The third-order valence-electron chi connectivity index (χ3n) is 3.46. The number of benzene rings is 2. The molecule has 5 N–H and O–H groups in total. The van der Waals surface area contributed by atoms with Gasteiger partial charge in [0.25, 0.3) is 0 Å². The Labute approximate surface area is 140 Å². The van der Waals surface area contributed by atoms with Crippen LogP contribution in [0.2, 0.25) is 0 Å². The van der Waals surface area contributed by atoms with Gasteiger partial charge in [-0.2, -0.15) is 0 Å². The molecule has 0 saturated heterocycles. The number of nitrogens with one attached hydrogen (secondary N) is 1. The van der Waals surface area contributed by atoms with Crippen LogP contribution < -0.4 is 15.8 Å². The second-order valence-corrected chi connectivity index (χ2v) is 5.48. The van der Waals surface area contributed by atoms with Gasteiger partial charge in [0.15, 0.2) is 0 Å². The molecule has 0 spiro atoms. The van der Waals surface area contributed by atoms with Gasteiger partial charge >= 0.3 is 0 Å². The number of aliphatic hydroxyl groups excluding tert-OH is 1. The standard InChI is InChI=1S/C18H22N2O4/c19-18(23)14-3-1-2-13(10-14)8-9-20-11-16(22)12-24-17-6-4-15(21)5-7-17/h1-7,10,16,20-22H,8-9,11-12H2,(H2,19,23)/t16-/m0/s1. The molecule has 0 aliphatic carbocycles. The van der Waals surface area contributed by atoms with Crippen molar-refractivity contribution in [2.45, 2.75) is 12.5 Å². The van der Waals surface area contributed by atoms with Crippen molar-refractivity contribution in [3.05, 3.63) is 59.7 Å². The van der Waals surface area contributed by atoms with E-state index in [9.17, 15) is 15.0 Å². The van der Waals surface area contributed by atoms with Gasteiger partial charge in [0.05, 0.1) is 0 Å². The van der Waals surface area contributed by atoms with Crippen LogP contribution in [0.15, 0.2) is 48.5 Å². The molecule has 0 heterocycles. The fourth-order valence-corrected chi connectivity index (χ4v) is 2.18. The van der Waals surface area contributed by atoms with Crippen LogP contribution in [0.4, 0.5) is 0 Å². The van der Waals surface area contributed by atoms with E-state index in [0.29, 0.717) is 24.4 Å². The number of rotatable bonds is 9. The monoisotopic (exact) mass is 330 g/mol. The Morgan fingerprint density at radius 2 is 1.96 bits per heavy atom. The summed E-state index contributed by atoms with van der Waals surface area (Å²) >= 11 is 0. The minimum Gasteiger partial charge on any atom is -0.508 e. The first-order chi connectivity index (χ1) is 11.5. The summed E-state index contributed by atoms with van der Waals surface area (Å²) in [6.45, 7) is 1.22. The highest BCUT2D eigenvalue weighted by atomic mass is 16.5. The van der Waals surface area contributed by atoms with E-state index >= 15 is 0 Å². The van der Waals surface area contributed by atoms with Crippen molar-refractivity contribution in [1.29, 1.82) is 0 Å². The van der Waals surface area contributed by atoms with Crippen molar-refractivity contribution in [2.75, 3.05) is 19.7 Å². The van der Waals surface area contributed by atoms with Gasteiger partial charge in [-0.05, 0) is 54.9 Å². The summed E-state index contributed by atoms with van der Waals surface area (Å²) in [5.74, 6) is 0.326. The summed E-state index contributed by atoms with van der Waals surface area (Å²) in [7, 11) is 0. The van der Waals surface area contributed by atoms with E-state index in [1.54, 1.807) is 30.3 Å². The molecular formula is C18H22N2O4. The third-order valence-corrected chi connectivity index (χ3v) is 3.46. The maximum atomic E-state index is 11.1.